The molecule has 1 atom stereocenters. The Balaban J connectivity index is 2.30. The van der Waals surface area contributed by atoms with Crippen LogP contribution in [0.4, 0.5) is 11.8 Å². The van der Waals surface area contributed by atoms with Crippen LogP contribution in [-0.2, 0) is 9.53 Å². The van der Waals surface area contributed by atoms with E-state index in [0.717, 1.165) is 11.3 Å². The molecular formula is C12H17N5O2. The molecule has 19 heavy (non-hydrogen) atoms. The van der Waals surface area contributed by atoms with Gasteiger partial charge < -0.3 is 15.9 Å². The van der Waals surface area contributed by atoms with Gasteiger partial charge in [-0.15, -0.1) is 0 Å². The number of aromatic nitrogens is 2. The summed E-state index contributed by atoms with van der Waals surface area (Å²) >= 11 is 0. The van der Waals surface area contributed by atoms with Crippen LogP contribution in [-0.4, -0.2) is 29.6 Å². The number of nitrogen functional groups attached to an aromatic ring is 1. The predicted molar refractivity (Wildman–Crippen MR) is 71.8 cm³/mol. The minimum absolute atomic E-state index is 0.211. The number of rotatable bonds is 3. The van der Waals surface area contributed by atoms with E-state index in [2.05, 4.69) is 15.4 Å². The Labute approximate surface area is 111 Å². The molecule has 0 bridgehead atoms. The normalized spacial score (nSPS) is 15.1. The van der Waals surface area contributed by atoms with Crippen LogP contribution in [0.1, 0.15) is 19.4 Å². The van der Waals surface area contributed by atoms with Crippen LogP contribution in [0.2, 0.25) is 0 Å². The van der Waals surface area contributed by atoms with Crippen LogP contribution >= 0.6 is 0 Å². The fourth-order valence-corrected chi connectivity index (χ4v) is 1.83. The molecule has 0 amide bonds. The number of nitrogens with one attached hydrogen (secondary N) is 1. The Morgan fingerprint density at radius 1 is 1.63 bits per heavy atom. The van der Waals surface area contributed by atoms with Crippen LogP contribution in [0, 0.1) is 5.92 Å². The van der Waals surface area contributed by atoms with Gasteiger partial charge in [-0.05, 0) is 19.9 Å². The van der Waals surface area contributed by atoms with Crippen LogP contribution in [0.5, 0.6) is 0 Å². The number of hydrazine groups is 1. The van der Waals surface area contributed by atoms with Gasteiger partial charge in [-0.3, -0.25) is 9.80 Å². The third-order valence-electron chi connectivity index (χ3n) is 2.85. The van der Waals surface area contributed by atoms with Gasteiger partial charge in [-0.25, -0.2) is 4.98 Å². The van der Waals surface area contributed by atoms with Gasteiger partial charge in [0.05, 0.1) is 12.5 Å². The number of nitrogens with zero attached hydrogens (tertiary/aromatic N) is 3. The molecule has 1 aliphatic heterocycles. The van der Waals surface area contributed by atoms with Crippen molar-refractivity contribution in [2.45, 2.75) is 13.8 Å². The first-order valence-electron chi connectivity index (χ1n) is 6.04. The first-order chi connectivity index (χ1) is 9.02. The highest BCUT2D eigenvalue weighted by Gasteiger charge is 2.25. The molecule has 0 aliphatic carbocycles. The zero-order chi connectivity index (χ0) is 14.0. The van der Waals surface area contributed by atoms with Crippen molar-refractivity contribution in [1.29, 1.82) is 0 Å². The van der Waals surface area contributed by atoms with E-state index in [9.17, 15) is 4.79 Å². The average molecular weight is 263 g/mol. The van der Waals surface area contributed by atoms with E-state index in [4.69, 9.17) is 10.5 Å². The Kier molecular flexibility index (Phi) is 3.55. The van der Waals surface area contributed by atoms with E-state index < -0.39 is 0 Å². The maximum Gasteiger partial charge on any atom is 0.314 e. The van der Waals surface area contributed by atoms with Crippen molar-refractivity contribution in [1.82, 2.24) is 15.4 Å². The van der Waals surface area contributed by atoms with Gasteiger partial charge in [0.15, 0.2) is 5.82 Å². The van der Waals surface area contributed by atoms with Crippen molar-refractivity contribution < 1.29 is 9.53 Å². The molecule has 0 saturated carbocycles. The minimum Gasteiger partial charge on any atom is -0.465 e. The summed E-state index contributed by atoms with van der Waals surface area (Å²) in [6.45, 7) is 3.93. The van der Waals surface area contributed by atoms with Crippen molar-refractivity contribution in [3.05, 3.63) is 17.5 Å². The molecule has 2 heterocycles. The number of carbonyl (C=O) groups excluding carboxylic acids is 1. The summed E-state index contributed by atoms with van der Waals surface area (Å²) in [4.78, 5) is 19.8. The monoisotopic (exact) mass is 263 g/mol. The summed E-state index contributed by atoms with van der Waals surface area (Å²) in [6, 6.07) is 0. The highest BCUT2D eigenvalue weighted by molar-refractivity contribution is 5.79. The van der Waals surface area contributed by atoms with E-state index in [1.54, 1.807) is 32.1 Å². The molecule has 3 N–H and O–H groups in total. The Morgan fingerprint density at radius 2 is 2.37 bits per heavy atom. The van der Waals surface area contributed by atoms with Crippen LogP contribution in [0.3, 0.4) is 0 Å². The molecule has 1 aromatic rings. The van der Waals surface area contributed by atoms with Crippen LogP contribution in [0.25, 0.3) is 6.08 Å². The molecule has 0 radical (unpaired) electrons. The van der Waals surface area contributed by atoms with E-state index in [0.29, 0.717) is 12.4 Å². The highest BCUT2D eigenvalue weighted by atomic mass is 16.5. The lowest BCUT2D eigenvalue weighted by molar-refractivity contribution is -0.146. The number of ether oxygens (including phenoxy) is 1. The highest BCUT2D eigenvalue weighted by Crippen LogP contribution is 2.26. The Bertz CT molecular complexity index is 529. The number of carbonyl (C=O) groups is 1. The Hall–Kier alpha value is -2.31. The number of nitrogens with two attached hydrogens (primary N) is 1. The summed E-state index contributed by atoms with van der Waals surface area (Å²) in [5.74, 6) is 0.234. The lowest BCUT2D eigenvalue weighted by Gasteiger charge is -2.30. The van der Waals surface area contributed by atoms with E-state index in [1.807, 2.05) is 6.08 Å². The number of esters is 1. The van der Waals surface area contributed by atoms with Crippen molar-refractivity contribution in [2.75, 3.05) is 24.4 Å². The first kappa shape index (κ1) is 13.1. The Morgan fingerprint density at radius 3 is 3.05 bits per heavy atom. The maximum absolute atomic E-state index is 11.7. The van der Waals surface area contributed by atoms with Crippen LogP contribution < -0.4 is 16.2 Å². The van der Waals surface area contributed by atoms with Gasteiger partial charge in [0.1, 0.15) is 0 Å². The molecule has 0 fully saturated rings. The molecule has 7 heteroatoms. The van der Waals surface area contributed by atoms with Crippen molar-refractivity contribution in [3.63, 3.8) is 0 Å². The molecule has 1 unspecified atom stereocenters. The third-order valence-corrected chi connectivity index (χ3v) is 2.85. The maximum atomic E-state index is 11.7. The molecule has 0 saturated heterocycles. The topological polar surface area (TPSA) is 93.4 Å². The first-order valence-corrected chi connectivity index (χ1v) is 6.04. The predicted octanol–water partition coefficient (Wildman–Crippen LogP) is 0.553. The van der Waals surface area contributed by atoms with E-state index >= 15 is 0 Å². The largest absolute Gasteiger partial charge is 0.465 e. The fraction of sp³-hybridized carbons (Fsp3) is 0.417. The smallest absolute Gasteiger partial charge is 0.314 e. The number of fused-ring (bicyclic) bond motifs is 1. The SMILES string of the molecule is CCOC(=O)C(C)C1=Cc2cnc(N)nc2N(C)N1. The molecule has 7 nitrogen and oxygen atoms in total. The zero-order valence-corrected chi connectivity index (χ0v) is 11.2. The molecule has 2 rings (SSSR count). The fourth-order valence-electron chi connectivity index (χ4n) is 1.83. The zero-order valence-electron chi connectivity index (χ0n) is 11.2. The summed E-state index contributed by atoms with van der Waals surface area (Å²) in [6.07, 6.45) is 3.46. The average Bonchev–Trinajstić information content (AvgIpc) is 2.38. The van der Waals surface area contributed by atoms with Gasteiger partial charge in [0, 0.05) is 24.5 Å². The van der Waals surface area contributed by atoms with E-state index in [1.165, 1.54) is 0 Å². The van der Waals surface area contributed by atoms with Gasteiger partial charge in [0.2, 0.25) is 5.95 Å². The van der Waals surface area contributed by atoms with Crippen molar-refractivity contribution in [3.8, 4) is 0 Å². The molecular weight excluding hydrogens is 246 g/mol. The lowest BCUT2D eigenvalue weighted by Crippen LogP contribution is -2.40. The standard InChI is InChI=1S/C12H17N5O2/c1-4-19-11(18)7(2)9-5-8-6-14-12(13)15-10(8)17(3)16-9/h5-7,16H,4H2,1-3H3,(H2,13,14,15). The second kappa shape index (κ2) is 5.13. The van der Waals surface area contributed by atoms with Crippen molar-refractivity contribution >= 4 is 23.8 Å². The summed E-state index contributed by atoms with van der Waals surface area (Å²) < 4.78 is 5.01. The lowest BCUT2D eigenvalue weighted by atomic mass is 10.0. The number of hydrogen-bond donors (Lipinski definition) is 2. The molecule has 0 spiro atoms. The second-order valence-corrected chi connectivity index (χ2v) is 4.25. The number of hydrogen-bond acceptors (Lipinski definition) is 7. The van der Waals surface area contributed by atoms with Crippen molar-refractivity contribution in [2.24, 2.45) is 5.92 Å². The van der Waals surface area contributed by atoms with Gasteiger partial charge in [0.25, 0.3) is 0 Å². The number of anilines is 2. The van der Waals surface area contributed by atoms with E-state index in [-0.39, 0.29) is 17.8 Å². The molecule has 1 aliphatic rings. The summed E-state index contributed by atoms with van der Waals surface area (Å²) in [5, 5.41) is 1.71. The molecule has 0 aromatic carbocycles. The molecule has 1 aromatic heterocycles. The summed E-state index contributed by atoms with van der Waals surface area (Å²) in [7, 11) is 1.80. The quantitative estimate of drug-likeness (QED) is 0.769. The van der Waals surface area contributed by atoms with Crippen LogP contribution in [0.15, 0.2) is 11.9 Å². The van der Waals surface area contributed by atoms with Gasteiger partial charge in [-0.1, -0.05) is 0 Å². The van der Waals surface area contributed by atoms with Gasteiger partial charge >= 0.3 is 5.97 Å². The third kappa shape index (κ3) is 2.59. The minimum atomic E-state index is -0.381. The summed E-state index contributed by atoms with van der Waals surface area (Å²) in [5.41, 5.74) is 10.2. The van der Waals surface area contributed by atoms with Gasteiger partial charge in [-0.2, -0.15) is 4.98 Å². The molecule has 102 valence electrons. The second-order valence-electron chi connectivity index (χ2n) is 4.25.